The van der Waals surface area contributed by atoms with Crippen LogP contribution < -0.4 is 0 Å². The number of hydrogen-bond donors (Lipinski definition) is 0. The number of benzene rings is 1. The lowest BCUT2D eigenvalue weighted by molar-refractivity contribution is -0.127. The summed E-state index contributed by atoms with van der Waals surface area (Å²) in [4.78, 5) is 14.6. The highest BCUT2D eigenvalue weighted by Crippen LogP contribution is 2.42. The Kier molecular flexibility index (Phi) is 4.38. The van der Waals surface area contributed by atoms with Gasteiger partial charge in [0.15, 0.2) is 5.78 Å². The van der Waals surface area contributed by atoms with Gasteiger partial charge < -0.3 is 0 Å². The minimum atomic E-state index is 0.000921. The first kappa shape index (κ1) is 16.0. The number of ketones is 1. The molecule has 1 aromatic rings. The Hall–Kier alpha value is -1.41. The minimum absolute atomic E-state index is 0.000921. The van der Waals surface area contributed by atoms with Gasteiger partial charge in [-0.15, -0.1) is 0 Å². The van der Waals surface area contributed by atoms with Gasteiger partial charge in [-0.2, -0.15) is 0 Å². The predicted octanol–water partition coefficient (Wildman–Crippen LogP) is 4.21. The highest BCUT2D eigenvalue weighted by molar-refractivity contribution is 5.91. The van der Waals surface area contributed by atoms with Crippen molar-refractivity contribution in [2.24, 2.45) is 5.92 Å². The zero-order valence-electron chi connectivity index (χ0n) is 13.7. The molecule has 0 atom stereocenters. The highest BCUT2D eigenvalue weighted by atomic mass is 16.1. The molecule has 0 bridgehead atoms. The zero-order valence-corrected chi connectivity index (χ0v) is 13.7. The number of allylic oxidation sites excluding steroid dienone is 1. The fourth-order valence-corrected chi connectivity index (χ4v) is 3.88. The lowest BCUT2D eigenvalue weighted by Gasteiger charge is -2.55. The Balaban J connectivity index is 2.25. The third-order valence-corrected chi connectivity index (χ3v) is 4.74. The Morgan fingerprint density at radius 2 is 1.71 bits per heavy atom. The maximum absolute atomic E-state index is 12.1. The summed E-state index contributed by atoms with van der Waals surface area (Å²) in [5.41, 5.74) is 1.33. The van der Waals surface area contributed by atoms with E-state index in [1.165, 1.54) is 11.6 Å². The van der Waals surface area contributed by atoms with Crippen LogP contribution in [0.1, 0.15) is 46.1 Å². The number of carbonyl (C=O) groups is 1. The summed E-state index contributed by atoms with van der Waals surface area (Å²) < 4.78 is 0. The molecule has 0 saturated carbocycles. The molecule has 1 saturated heterocycles. The second kappa shape index (κ2) is 5.76. The van der Waals surface area contributed by atoms with Crippen LogP contribution in [-0.4, -0.2) is 21.8 Å². The smallest absolute Gasteiger partial charge is 0.158 e. The van der Waals surface area contributed by atoms with Crippen molar-refractivity contribution in [2.75, 3.05) is 0 Å². The first-order chi connectivity index (χ1) is 9.76. The highest BCUT2D eigenvalue weighted by Gasteiger charge is 2.46. The van der Waals surface area contributed by atoms with Crippen molar-refractivity contribution in [3.05, 3.63) is 48.6 Å². The SMILES string of the molecule is C=CC(=O)C1CC(C)(C)N(Cc2ccccc2)C(C)(C)C1. The van der Waals surface area contributed by atoms with E-state index in [4.69, 9.17) is 0 Å². The van der Waals surface area contributed by atoms with Gasteiger partial charge in [0, 0.05) is 23.5 Å². The molecular formula is C19H27NO. The van der Waals surface area contributed by atoms with Crippen LogP contribution in [0.15, 0.2) is 43.0 Å². The van der Waals surface area contributed by atoms with E-state index < -0.39 is 0 Å². The second-order valence-electron chi connectivity index (χ2n) is 7.41. The fourth-order valence-electron chi connectivity index (χ4n) is 3.88. The van der Waals surface area contributed by atoms with E-state index in [2.05, 4.69) is 69.5 Å². The molecule has 2 heteroatoms. The topological polar surface area (TPSA) is 20.3 Å². The molecule has 0 amide bonds. The number of nitrogens with zero attached hydrogens (tertiary/aromatic N) is 1. The van der Waals surface area contributed by atoms with Crippen LogP contribution in [0.2, 0.25) is 0 Å². The lowest BCUT2D eigenvalue weighted by Crippen LogP contribution is -2.60. The molecule has 0 aliphatic carbocycles. The Morgan fingerprint density at radius 1 is 1.19 bits per heavy atom. The Bertz CT molecular complexity index is 498. The molecule has 1 aliphatic heterocycles. The molecule has 1 aromatic carbocycles. The van der Waals surface area contributed by atoms with Crippen LogP contribution in [0, 0.1) is 5.92 Å². The van der Waals surface area contributed by atoms with Crippen molar-refractivity contribution < 1.29 is 4.79 Å². The average Bonchev–Trinajstić information content (AvgIpc) is 2.42. The number of hydrogen-bond acceptors (Lipinski definition) is 2. The maximum atomic E-state index is 12.1. The maximum Gasteiger partial charge on any atom is 0.158 e. The van der Waals surface area contributed by atoms with Crippen molar-refractivity contribution in [1.29, 1.82) is 0 Å². The summed E-state index contributed by atoms with van der Waals surface area (Å²) in [6, 6.07) is 10.6. The van der Waals surface area contributed by atoms with Crippen molar-refractivity contribution >= 4 is 5.78 Å². The number of rotatable bonds is 4. The lowest BCUT2D eigenvalue weighted by atomic mass is 9.72. The Labute approximate surface area is 128 Å². The number of carbonyl (C=O) groups excluding carboxylic acids is 1. The molecule has 1 heterocycles. The zero-order chi connectivity index (χ0) is 15.7. The number of likely N-dealkylation sites (tertiary alicyclic amines) is 1. The molecule has 0 spiro atoms. The summed E-state index contributed by atoms with van der Waals surface area (Å²) >= 11 is 0. The minimum Gasteiger partial charge on any atom is -0.295 e. The standard InChI is InChI=1S/C19H27NO/c1-6-17(21)16-12-18(2,3)20(19(4,5)13-16)14-15-10-8-7-9-11-15/h6-11,16H,1,12-14H2,2-5H3. The van der Waals surface area contributed by atoms with Crippen LogP contribution in [0.5, 0.6) is 0 Å². The average molecular weight is 285 g/mol. The molecule has 21 heavy (non-hydrogen) atoms. The van der Waals surface area contributed by atoms with E-state index in [0.717, 1.165) is 19.4 Å². The third kappa shape index (κ3) is 3.44. The van der Waals surface area contributed by atoms with Crippen molar-refractivity contribution in [3.63, 3.8) is 0 Å². The molecule has 0 radical (unpaired) electrons. The largest absolute Gasteiger partial charge is 0.295 e. The van der Waals surface area contributed by atoms with E-state index >= 15 is 0 Å². The summed E-state index contributed by atoms with van der Waals surface area (Å²) in [6.45, 7) is 13.6. The van der Waals surface area contributed by atoms with E-state index in [9.17, 15) is 4.79 Å². The van der Waals surface area contributed by atoms with E-state index in [1.807, 2.05) is 0 Å². The van der Waals surface area contributed by atoms with E-state index in [1.54, 1.807) is 0 Å². The molecule has 1 aliphatic rings. The molecule has 0 N–H and O–H groups in total. The van der Waals surface area contributed by atoms with Gasteiger partial charge in [0.2, 0.25) is 0 Å². The first-order valence-electron chi connectivity index (χ1n) is 7.74. The molecule has 114 valence electrons. The molecule has 1 fully saturated rings. The normalized spacial score (nSPS) is 21.9. The van der Waals surface area contributed by atoms with Gasteiger partial charge in [0.1, 0.15) is 0 Å². The van der Waals surface area contributed by atoms with Gasteiger partial charge in [-0.1, -0.05) is 36.9 Å². The van der Waals surface area contributed by atoms with Gasteiger partial charge in [-0.25, -0.2) is 0 Å². The van der Waals surface area contributed by atoms with Crippen LogP contribution in [-0.2, 0) is 11.3 Å². The summed E-state index contributed by atoms with van der Waals surface area (Å²) in [7, 11) is 0. The molecular weight excluding hydrogens is 258 g/mol. The van der Waals surface area contributed by atoms with Gasteiger partial charge in [0.25, 0.3) is 0 Å². The number of piperidine rings is 1. The van der Waals surface area contributed by atoms with Gasteiger partial charge in [0.05, 0.1) is 0 Å². The fraction of sp³-hybridized carbons (Fsp3) is 0.526. The predicted molar refractivity (Wildman–Crippen MR) is 88.1 cm³/mol. The second-order valence-corrected chi connectivity index (χ2v) is 7.41. The summed E-state index contributed by atoms with van der Waals surface area (Å²) in [6.07, 6.45) is 3.28. The van der Waals surface area contributed by atoms with Crippen LogP contribution >= 0.6 is 0 Å². The van der Waals surface area contributed by atoms with Crippen LogP contribution in [0.4, 0.5) is 0 Å². The van der Waals surface area contributed by atoms with Crippen LogP contribution in [0.25, 0.3) is 0 Å². The van der Waals surface area contributed by atoms with Crippen molar-refractivity contribution in [3.8, 4) is 0 Å². The monoisotopic (exact) mass is 285 g/mol. The van der Waals surface area contributed by atoms with Crippen molar-refractivity contribution in [1.82, 2.24) is 4.90 Å². The molecule has 0 aromatic heterocycles. The summed E-state index contributed by atoms with van der Waals surface area (Å²) in [5, 5.41) is 0. The van der Waals surface area contributed by atoms with Gasteiger partial charge in [-0.05, 0) is 52.2 Å². The van der Waals surface area contributed by atoms with E-state index in [0.29, 0.717) is 0 Å². The Morgan fingerprint density at radius 3 is 2.19 bits per heavy atom. The molecule has 0 unspecified atom stereocenters. The molecule has 2 rings (SSSR count). The van der Waals surface area contributed by atoms with Gasteiger partial charge in [-0.3, -0.25) is 9.69 Å². The molecule has 2 nitrogen and oxygen atoms in total. The van der Waals surface area contributed by atoms with Gasteiger partial charge >= 0.3 is 0 Å². The quantitative estimate of drug-likeness (QED) is 0.772. The van der Waals surface area contributed by atoms with E-state index in [-0.39, 0.29) is 22.8 Å². The summed E-state index contributed by atoms with van der Waals surface area (Å²) in [5.74, 6) is 0.287. The van der Waals surface area contributed by atoms with Crippen LogP contribution in [0.3, 0.4) is 0 Å². The third-order valence-electron chi connectivity index (χ3n) is 4.74. The van der Waals surface area contributed by atoms with Crippen molar-refractivity contribution in [2.45, 2.75) is 58.2 Å². The first-order valence-corrected chi connectivity index (χ1v) is 7.74.